The maximum Gasteiger partial charge on any atom is 0.319 e. The quantitative estimate of drug-likeness (QED) is 0.836. The summed E-state index contributed by atoms with van der Waals surface area (Å²) in [6, 6.07) is 7.54. The number of nitrogens with zero attached hydrogens (tertiary/aromatic N) is 2. The predicted molar refractivity (Wildman–Crippen MR) is 97.7 cm³/mol. The Morgan fingerprint density at radius 2 is 1.96 bits per heavy atom. The van der Waals surface area contributed by atoms with E-state index in [2.05, 4.69) is 41.3 Å². The normalized spacial score (nSPS) is 17.5. The van der Waals surface area contributed by atoms with E-state index in [4.69, 9.17) is 4.74 Å². The standard InChI is InChI=1S/C18H30N4O2/c1-14(2)17(22-10-8-21(3)9-11-22)13-19-18(23)20-15-6-5-7-16(12-15)24-4/h5-7,12,14,17H,8-11,13H2,1-4H3,(H2,19,20,23)/t17-/m1/s1. The summed E-state index contributed by atoms with van der Waals surface area (Å²) in [5.41, 5.74) is 0.729. The smallest absolute Gasteiger partial charge is 0.319 e. The molecule has 0 unspecified atom stereocenters. The van der Waals surface area contributed by atoms with Gasteiger partial charge in [-0.15, -0.1) is 0 Å². The molecule has 1 saturated heterocycles. The van der Waals surface area contributed by atoms with Gasteiger partial charge in [0.15, 0.2) is 0 Å². The molecule has 1 atom stereocenters. The molecular weight excluding hydrogens is 304 g/mol. The number of ether oxygens (including phenoxy) is 1. The van der Waals surface area contributed by atoms with Crippen molar-refractivity contribution in [3.63, 3.8) is 0 Å². The number of anilines is 1. The first-order chi connectivity index (χ1) is 11.5. The molecule has 0 aromatic heterocycles. The number of methoxy groups -OCH3 is 1. The van der Waals surface area contributed by atoms with Crippen LogP contribution in [-0.4, -0.2) is 68.8 Å². The summed E-state index contributed by atoms with van der Waals surface area (Å²) >= 11 is 0. The minimum atomic E-state index is -0.178. The van der Waals surface area contributed by atoms with Crippen LogP contribution in [0.25, 0.3) is 0 Å². The molecule has 2 amide bonds. The molecule has 0 radical (unpaired) electrons. The molecule has 0 spiro atoms. The van der Waals surface area contributed by atoms with E-state index in [0.717, 1.165) is 37.6 Å². The molecule has 1 aromatic rings. The first-order valence-corrected chi connectivity index (χ1v) is 8.61. The second-order valence-electron chi connectivity index (χ2n) is 6.72. The number of piperazine rings is 1. The minimum absolute atomic E-state index is 0.178. The van der Waals surface area contributed by atoms with E-state index in [-0.39, 0.29) is 6.03 Å². The Morgan fingerprint density at radius 3 is 2.58 bits per heavy atom. The van der Waals surface area contributed by atoms with Crippen LogP contribution in [0.1, 0.15) is 13.8 Å². The molecule has 1 aliphatic heterocycles. The van der Waals surface area contributed by atoms with Crippen molar-refractivity contribution in [1.29, 1.82) is 0 Å². The predicted octanol–water partition coefficient (Wildman–Crippen LogP) is 2.09. The van der Waals surface area contributed by atoms with E-state index in [1.54, 1.807) is 13.2 Å². The molecule has 6 heteroatoms. The van der Waals surface area contributed by atoms with Gasteiger partial charge in [-0.05, 0) is 25.1 Å². The molecule has 6 nitrogen and oxygen atoms in total. The average Bonchev–Trinajstić information content (AvgIpc) is 2.56. The monoisotopic (exact) mass is 334 g/mol. The zero-order valence-electron chi connectivity index (χ0n) is 15.2. The van der Waals surface area contributed by atoms with Crippen molar-refractivity contribution in [3.05, 3.63) is 24.3 Å². The number of likely N-dealkylation sites (N-methyl/N-ethyl adjacent to an activating group) is 1. The van der Waals surface area contributed by atoms with E-state index in [1.165, 1.54) is 0 Å². The first kappa shape index (κ1) is 18.5. The highest BCUT2D eigenvalue weighted by molar-refractivity contribution is 5.89. The molecule has 2 N–H and O–H groups in total. The molecular formula is C18H30N4O2. The molecule has 2 rings (SSSR count). The summed E-state index contributed by atoms with van der Waals surface area (Å²) < 4.78 is 5.17. The molecule has 0 aliphatic carbocycles. The number of hydrogen-bond acceptors (Lipinski definition) is 4. The van der Waals surface area contributed by atoms with Crippen molar-refractivity contribution in [1.82, 2.24) is 15.1 Å². The van der Waals surface area contributed by atoms with Gasteiger partial charge in [-0.2, -0.15) is 0 Å². The van der Waals surface area contributed by atoms with Gasteiger partial charge in [-0.3, -0.25) is 4.90 Å². The fraction of sp³-hybridized carbons (Fsp3) is 0.611. The van der Waals surface area contributed by atoms with E-state index >= 15 is 0 Å². The number of hydrogen-bond donors (Lipinski definition) is 2. The second kappa shape index (κ2) is 8.89. The number of carbonyl (C=O) groups excluding carboxylic acids is 1. The molecule has 1 aliphatic rings. The highest BCUT2D eigenvalue weighted by Crippen LogP contribution is 2.17. The molecule has 0 bridgehead atoms. The molecule has 1 fully saturated rings. The Labute approximate surface area is 145 Å². The van der Waals surface area contributed by atoms with Crippen molar-refractivity contribution in [2.75, 3.05) is 52.2 Å². The second-order valence-corrected chi connectivity index (χ2v) is 6.72. The van der Waals surface area contributed by atoms with Crippen LogP contribution >= 0.6 is 0 Å². The zero-order chi connectivity index (χ0) is 17.5. The molecule has 24 heavy (non-hydrogen) atoms. The van der Waals surface area contributed by atoms with Gasteiger partial charge in [-0.1, -0.05) is 19.9 Å². The van der Waals surface area contributed by atoms with E-state index < -0.39 is 0 Å². The summed E-state index contributed by atoms with van der Waals surface area (Å²) in [4.78, 5) is 17.0. The number of rotatable bonds is 6. The van der Waals surface area contributed by atoms with Crippen LogP contribution in [0.3, 0.4) is 0 Å². The Balaban J connectivity index is 1.85. The van der Waals surface area contributed by atoms with E-state index in [0.29, 0.717) is 18.5 Å². The first-order valence-electron chi connectivity index (χ1n) is 8.61. The molecule has 0 saturated carbocycles. The topological polar surface area (TPSA) is 56.8 Å². The van der Waals surface area contributed by atoms with Gasteiger partial charge in [0.1, 0.15) is 5.75 Å². The Bertz CT molecular complexity index is 528. The Kier molecular flexibility index (Phi) is 6.87. The summed E-state index contributed by atoms with van der Waals surface area (Å²) in [6.45, 7) is 9.35. The zero-order valence-corrected chi connectivity index (χ0v) is 15.2. The summed E-state index contributed by atoms with van der Waals surface area (Å²) in [5.74, 6) is 1.22. The van der Waals surface area contributed by atoms with E-state index in [1.807, 2.05) is 18.2 Å². The summed E-state index contributed by atoms with van der Waals surface area (Å²) in [7, 11) is 3.77. The lowest BCUT2D eigenvalue weighted by Crippen LogP contribution is -2.54. The van der Waals surface area contributed by atoms with Gasteiger partial charge < -0.3 is 20.3 Å². The van der Waals surface area contributed by atoms with Crippen LogP contribution in [0, 0.1) is 5.92 Å². The van der Waals surface area contributed by atoms with Gasteiger partial charge in [0.25, 0.3) is 0 Å². The third-order valence-corrected chi connectivity index (χ3v) is 4.58. The van der Waals surface area contributed by atoms with Gasteiger partial charge in [0, 0.05) is 50.5 Å². The number of benzene rings is 1. The van der Waals surface area contributed by atoms with Crippen molar-refractivity contribution >= 4 is 11.7 Å². The number of nitrogens with one attached hydrogen (secondary N) is 2. The maximum atomic E-state index is 12.2. The molecule has 1 aromatic carbocycles. The van der Waals surface area contributed by atoms with Crippen LogP contribution in [0.2, 0.25) is 0 Å². The largest absolute Gasteiger partial charge is 0.497 e. The van der Waals surface area contributed by atoms with Crippen molar-refractivity contribution in [2.24, 2.45) is 5.92 Å². The average molecular weight is 334 g/mol. The maximum absolute atomic E-state index is 12.2. The highest BCUT2D eigenvalue weighted by atomic mass is 16.5. The lowest BCUT2D eigenvalue weighted by atomic mass is 10.0. The van der Waals surface area contributed by atoms with Crippen molar-refractivity contribution < 1.29 is 9.53 Å². The molecule has 134 valence electrons. The Morgan fingerprint density at radius 1 is 1.25 bits per heavy atom. The van der Waals surface area contributed by atoms with Gasteiger partial charge >= 0.3 is 6.03 Å². The molecule has 1 heterocycles. The van der Waals surface area contributed by atoms with Crippen LogP contribution in [0.15, 0.2) is 24.3 Å². The van der Waals surface area contributed by atoms with Crippen molar-refractivity contribution in [3.8, 4) is 5.75 Å². The van der Waals surface area contributed by atoms with Crippen LogP contribution < -0.4 is 15.4 Å². The number of carbonyl (C=O) groups is 1. The lowest BCUT2D eigenvalue weighted by Gasteiger charge is -2.39. The van der Waals surface area contributed by atoms with Crippen LogP contribution in [0.4, 0.5) is 10.5 Å². The lowest BCUT2D eigenvalue weighted by molar-refractivity contribution is 0.0890. The highest BCUT2D eigenvalue weighted by Gasteiger charge is 2.25. The van der Waals surface area contributed by atoms with Crippen LogP contribution in [-0.2, 0) is 0 Å². The number of urea groups is 1. The third-order valence-electron chi connectivity index (χ3n) is 4.58. The van der Waals surface area contributed by atoms with Gasteiger partial charge in [0.05, 0.1) is 7.11 Å². The van der Waals surface area contributed by atoms with Crippen LogP contribution in [0.5, 0.6) is 5.75 Å². The third kappa shape index (κ3) is 5.39. The fourth-order valence-electron chi connectivity index (χ4n) is 3.01. The fourth-order valence-corrected chi connectivity index (χ4v) is 3.01. The van der Waals surface area contributed by atoms with Crippen molar-refractivity contribution in [2.45, 2.75) is 19.9 Å². The Hall–Kier alpha value is -1.79. The summed E-state index contributed by atoms with van der Waals surface area (Å²) in [5, 5.41) is 5.88. The SMILES string of the molecule is COc1cccc(NC(=O)NC[C@H](C(C)C)N2CCN(C)CC2)c1. The van der Waals surface area contributed by atoms with Gasteiger partial charge in [0.2, 0.25) is 0 Å². The minimum Gasteiger partial charge on any atom is -0.497 e. The number of amides is 2. The van der Waals surface area contributed by atoms with Gasteiger partial charge in [-0.25, -0.2) is 4.79 Å². The summed E-state index contributed by atoms with van der Waals surface area (Å²) in [6.07, 6.45) is 0. The van der Waals surface area contributed by atoms with E-state index in [9.17, 15) is 4.79 Å².